The summed E-state index contributed by atoms with van der Waals surface area (Å²) in [5, 5.41) is 1.01. The molecule has 64 valence electrons. The molecule has 0 bridgehead atoms. The van der Waals surface area contributed by atoms with Crippen molar-refractivity contribution in [1.82, 2.24) is 4.98 Å². The van der Waals surface area contributed by atoms with Gasteiger partial charge in [-0.1, -0.05) is 0 Å². The maximum Gasteiger partial charge on any atom is 0.136 e. The van der Waals surface area contributed by atoms with E-state index in [2.05, 4.69) is 4.98 Å². The van der Waals surface area contributed by atoms with Gasteiger partial charge in [-0.2, -0.15) is 0 Å². The molecule has 0 aliphatic heterocycles. The molecule has 0 saturated carbocycles. The van der Waals surface area contributed by atoms with Crippen LogP contribution in [0.15, 0.2) is 0 Å². The van der Waals surface area contributed by atoms with Gasteiger partial charge in [-0.15, -0.1) is 11.3 Å². The molecule has 0 aromatic carbocycles. The topological polar surface area (TPSA) is 30.0 Å². The van der Waals surface area contributed by atoms with Crippen LogP contribution in [-0.2, 0) is 24.1 Å². The van der Waals surface area contributed by atoms with E-state index in [-0.39, 0.29) is 5.78 Å². The normalized spacial score (nSPS) is 14.8. The Hall–Kier alpha value is -0.700. The molecule has 2 nitrogen and oxygen atoms in total. The number of carbonyl (C=O) groups excluding carboxylic acids is 1. The molecule has 2 rings (SSSR count). The molecule has 0 fully saturated rings. The fourth-order valence-electron chi connectivity index (χ4n) is 1.53. The van der Waals surface area contributed by atoms with Crippen LogP contribution in [0.4, 0.5) is 0 Å². The number of nitrogens with zero attached hydrogens (tertiary/aromatic N) is 1. The van der Waals surface area contributed by atoms with E-state index >= 15 is 0 Å². The predicted octanol–water partition coefficient (Wildman–Crippen LogP) is 1.76. The Kier molecular flexibility index (Phi) is 1.97. The maximum atomic E-state index is 10.8. The van der Waals surface area contributed by atoms with Crippen molar-refractivity contribution in [2.75, 3.05) is 0 Å². The number of aryl methyl sites for hydroxylation is 2. The lowest BCUT2D eigenvalue weighted by Gasteiger charge is -1.88. The Morgan fingerprint density at radius 1 is 1.58 bits per heavy atom. The van der Waals surface area contributed by atoms with Crippen molar-refractivity contribution in [2.45, 2.75) is 32.6 Å². The average Bonchev–Trinajstić information content (AvgIpc) is 2.43. The van der Waals surface area contributed by atoms with Gasteiger partial charge in [0.1, 0.15) is 10.8 Å². The molecule has 0 unspecified atom stereocenters. The molecule has 1 heterocycles. The van der Waals surface area contributed by atoms with E-state index in [0.717, 1.165) is 11.4 Å². The third-order valence-electron chi connectivity index (χ3n) is 2.04. The molecule has 0 spiro atoms. The van der Waals surface area contributed by atoms with Crippen LogP contribution in [0.25, 0.3) is 0 Å². The van der Waals surface area contributed by atoms with E-state index < -0.39 is 0 Å². The van der Waals surface area contributed by atoms with Gasteiger partial charge >= 0.3 is 0 Å². The highest BCUT2D eigenvalue weighted by Gasteiger charge is 2.16. The number of fused-ring (bicyclic) bond motifs is 1. The van der Waals surface area contributed by atoms with Crippen molar-refractivity contribution in [3.05, 3.63) is 15.6 Å². The highest BCUT2D eigenvalue weighted by molar-refractivity contribution is 7.11. The van der Waals surface area contributed by atoms with E-state index in [4.69, 9.17) is 0 Å². The Morgan fingerprint density at radius 3 is 3.08 bits per heavy atom. The summed E-state index contributed by atoms with van der Waals surface area (Å²) in [6.45, 7) is 1.62. The van der Waals surface area contributed by atoms with Crippen LogP contribution in [0, 0.1) is 0 Å². The molecule has 0 amide bonds. The van der Waals surface area contributed by atoms with Gasteiger partial charge < -0.3 is 0 Å². The molecule has 0 saturated heterocycles. The zero-order valence-corrected chi connectivity index (χ0v) is 7.91. The first-order valence-electron chi connectivity index (χ1n) is 4.22. The van der Waals surface area contributed by atoms with Crippen LogP contribution < -0.4 is 0 Å². The summed E-state index contributed by atoms with van der Waals surface area (Å²) in [5.74, 6) is 0.211. The highest BCUT2D eigenvalue weighted by atomic mass is 32.1. The zero-order chi connectivity index (χ0) is 8.55. The number of thiazole rings is 1. The van der Waals surface area contributed by atoms with Gasteiger partial charge in [0.15, 0.2) is 0 Å². The molecule has 0 radical (unpaired) electrons. The largest absolute Gasteiger partial charge is 0.300 e. The van der Waals surface area contributed by atoms with Crippen LogP contribution >= 0.6 is 11.3 Å². The van der Waals surface area contributed by atoms with Gasteiger partial charge in [0, 0.05) is 4.88 Å². The number of ketones is 1. The number of Topliss-reactive ketones (excluding diaryl/α,β-unsaturated/α-hetero) is 1. The number of hydrogen-bond donors (Lipinski definition) is 0. The summed E-state index contributed by atoms with van der Waals surface area (Å²) in [6.07, 6.45) is 4.06. The number of carbonyl (C=O) groups is 1. The van der Waals surface area contributed by atoms with E-state index in [0.29, 0.717) is 6.42 Å². The Morgan fingerprint density at radius 2 is 2.42 bits per heavy atom. The minimum absolute atomic E-state index is 0.211. The molecule has 1 aliphatic rings. The molecular weight excluding hydrogens is 170 g/mol. The second kappa shape index (κ2) is 2.98. The second-order valence-corrected chi connectivity index (χ2v) is 4.38. The predicted molar refractivity (Wildman–Crippen MR) is 48.5 cm³/mol. The average molecular weight is 181 g/mol. The third-order valence-corrected chi connectivity index (χ3v) is 3.20. The first kappa shape index (κ1) is 7.92. The molecule has 3 heteroatoms. The number of hydrogen-bond acceptors (Lipinski definition) is 3. The van der Waals surface area contributed by atoms with E-state index in [1.54, 1.807) is 18.3 Å². The van der Waals surface area contributed by atoms with Gasteiger partial charge in [0.25, 0.3) is 0 Å². The first-order valence-corrected chi connectivity index (χ1v) is 5.04. The standard InChI is InChI=1S/C9H11NOS/c1-6(11)5-9-10-7-3-2-4-8(7)12-9/h2-5H2,1H3. The lowest BCUT2D eigenvalue weighted by Crippen LogP contribution is -1.95. The van der Waals surface area contributed by atoms with Crippen LogP contribution in [-0.4, -0.2) is 10.8 Å². The molecule has 1 aromatic heterocycles. The smallest absolute Gasteiger partial charge is 0.136 e. The Labute approximate surface area is 75.6 Å². The molecular formula is C9H11NOS. The number of aromatic nitrogens is 1. The summed E-state index contributed by atoms with van der Waals surface area (Å²) >= 11 is 1.72. The van der Waals surface area contributed by atoms with Crippen LogP contribution in [0.2, 0.25) is 0 Å². The SMILES string of the molecule is CC(=O)Cc1nc2c(s1)CCC2. The van der Waals surface area contributed by atoms with Gasteiger partial charge in [0.05, 0.1) is 12.1 Å². The fraction of sp³-hybridized carbons (Fsp3) is 0.556. The lowest BCUT2D eigenvalue weighted by atomic mass is 10.3. The Balaban J connectivity index is 2.20. The van der Waals surface area contributed by atoms with Crippen molar-refractivity contribution in [3.8, 4) is 0 Å². The number of rotatable bonds is 2. The monoisotopic (exact) mass is 181 g/mol. The van der Waals surface area contributed by atoms with E-state index in [9.17, 15) is 4.79 Å². The second-order valence-electron chi connectivity index (χ2n) is 3.21. The van der Waals surface area contributed by atoms with Crippen molar-refractivity contribution in [2.24, 2.45) is 0 Å². The van der Waals surface area contributed by atoms with Crippen molar-refractivity contribution in [3.63, 3.8) is 0 Å². The zero-order valence-electron chi connectivity index (χ0n) is 7.09. The van der Waals surface area contributed by atoms with Gasteiger partial charge in [-0.25, -0.2) is 4.98 Å². The minimum Gasteiger partial charge on any atom is -0.300 e. The molecule has 0 atom stereocenters. The van der Waals surface area contributed by atoms with E-state index in [1.807, 2.05) is 0 Å². The van der Waals surface area contributed by atoms with Crippen LogP contribution in [0.3, 0.4) is 0 Å². The summed E-state index contributed by atoms with van der Waals surface area (Å²) < 4.78 is 0. The van der Waals surface area contributed by atoms with Crippen LogP contribution in [0.5, 0.6) is 0 Å². The lowest BCUT2D eigenvalue weighted by molar-refractivity contribution is -0.116. The van der Waals surface area contributed by atoms with Crippen LogP contribution in [0.1, 0.15) is 28.9 Å². The van der Waals surface area contributed by atoms with Gasteiger partial charge in [-0.3, -0.25) is 4.79 Å². The fourth-order valence-corrected chi connectivity index (χ4v) is 2.76. The third kappa shape index (κ3) is 1.41. The molecule has 12 heavy (non-hydrogen) atoms. The van der Waals surface area contributed by atoms with E-state index in [1.165, 1.54) is 23.4 Å². The Bertz CT molecular complexity index is 295. The molecule has 0 N–H and O–H groups in total. The molecule has 1 aromatic rings. The van der Waals surface area contributed by atoms with Crippen molar-refractivity contribution >= 4 is 17.1 Å². The van der Waals surface area contributed by atoms with Crippen molar-refractivity contribution in [1.29, 1.82) is 0 Å². The maximum absolute atomic E-state index is 10.8. The summed E-state index contributed by atoms with van der Waals surface area (Å²) in [7, 11) is 0. The first-order chi connectivity index (χ1) is 5.75. The van der Waals surface area contributed by atoms with Gasteiger partial charge in [0.2, 0.25) is 0 Å². The quantitative estimate of drug-likeness (QED) is 0.696. The summed E-state index contributed by atoms with van der Waals surface area (Å²) in [6, 6.07) is 0. The molecule has 1 aliphatic carbocycles. The van der Waals surface area contributed by atoms with Crippen molar-refractivity contribution < 1.29 is 4.79 Å². The highest BCUT2D eigenvalue weighted by Crippen LogP contribution is 2.27. The summed E-state index contributed by atoms with van der Waals surface area (Å²) in [5.41, 5.74) is 1.25. The minimum atomic E-state index is 0.211. The summed E-state index contributed by atoms with van der Waals surface area (Å²) in [4.78, 5) is 16.6. The van der Waals surface area contributed by atoms with Gasteiger partial charge in [-0.05, 0) is 26.2 Å².